The molecule has 0 atom stereocenters. The predicted molar refractivity (Wildman–Crippen MR) is 182 cm³/mol. The van der Waals surface area contributed by atoms with E-state index in [1.807, 2.05) is 80.0 Å². The van der Waals surface area contributed by atoms with Crippen LogP contribution in [-0.2, 0) is 42.4 Å². The number of hydrogen-bond acceptors (Lipinski definition) is 7. The van der Waals surface area contributed by atoms with Crippen LogP contribution >= 0.6 is 15.9 Å². The normalized spacial score (nSPS) is 14.8. The van der Waals surface area contributed by atoms with Crippen LogP contribution < -0.4 is 9.64 Å². The van der Waals surface area contributed by atoms with Gasteiger partial charge in [0, 0.05) is 42.4 Å². The van der Waals surface area contributed by atoms with Crippen molar-refractivity contribution in [2.75, 3.05) is 12.0 Å². The van der Waals surface area contributed by atoms with Crippen molar-refractivity contribution in [3.63, 3.8) is 0 Å². The number of benzene rings is 3. The molecule has 0 unspecified atom stereocenters. The molecule has 2 aliphatic heterocycles. The number of ether oxygens (including phenoxy) is 2. The maximum atomic E-state index is 13.5. The summed E-state index contributed by atoms with van der Waals surface area (Å²) in [5.74, 6) is 2.41. The fraction of sp³-hybridized carbons (Fsp3) is 0.270. The molecule has 3 aromatic carbocycles. The van der Waals surface area contributed by atoms with Gasteiger partial charge < -0.3 is 19.3 Å². The van der Waals surface area contributed by atoms with Gasteiger partial charge in [0.1, 0.15) is 16.2 Å². The van der Waals surface area contributed by atoms with Crippen molar-refractivity contribution < 1.29 is 19.1 Å². The second-order valence-corrected chi connectivity index (χ2v) is 12.9. The second-order valence-electron chi connectivity index (χ2n) is 12.2. The van der Waals surface area contributed by atoms with E-state index in [4.69, 9.17) is 14.5 Å². The molecule has 5 aromatic rings. The molecule has 0 radical (unpaired) electrons. The van der Waals surface area contributed by atoms with Crippen LogP contribution in [0.15, 0.2) is 77.7 Å². The maximum absolute atomic E-state index is 13.5. The summed E-state index contributed by atoms with van der Waals surface area (Å²) in [6.45, 7) is 4.45. The summed E-state index contributed by atoms with van der Waals surface area (Å²) >= 11 is 3.56. The van der Waals surface area contributed by atoms with Gasteiger partial charge in [-0.05, 0) is 87.8 Å². The number of rotatable bonds is 8. The molecule has 0 saturated heterocycles. The van der Waals surface area contributed by atoms with Gasteiger partial charge in [-0.15, -0.1) is 0 Å². The first-order valence-corrected chi connectivity index (χ1v) is 16.4. The maximum Gasteiger partial charge on any atom is 0.256 e. The summed E-state index contributed by atoms with van der Waals surface area (Å²) in [4.78, 5) is 42.3. The minimum Gasteiger partial charge on any atom is -0.497 e. The van der Waals surface area contributed by atoms with Crippen LogP contribution in [0.2, 0.25) is 0 Å². The molecule has 9 nitrogen and oxygen atoms in total. The second kappa shape index (κ2) is 13.2. The number of carbonyl (C=O) groups excluding carboxylic acids is 2. The van der Waals surface area contributed by atoms with Crippen molar-refractivity contribution >= 4 is 44.8 Å². The van der Waals surface area contributed by atoms with E-state index in [-0.39, 0.29) is 5.91 Å². The van der Waals surface area contributed by atoms with Gasteiger partial charge in [-0.25, -0.2) is 15.0 Å². The summed E-state index contributed by atoms with van der Waals surface area (Å²) in [5.41, 5.74) is 8.29. The molecule has 0 bridgehead atoms. The number of nitrogens with zero attached hydrogens (tertiary/aromatic N) is 5. The number of fused-ring (bicyclic) bond motifs is 4. The third-order valence-corrected chi connectivity index (χ3v) is 9.42. The third-order valence-electron chi connectivity index (χ3n) is 8.77. The lowest BCUT2D eigenvalue weighted by molar-refractivity contribution is -0.107. The van der Waals surface area contributed by atoms with Crippen molar-refractivity contribution in [2.45, 2.75) is 58.5 Å². The quantitative estimate of drug-likeness (QED) is 0.127. The van der Waals surface area contributed by atoms with Crippen LogP contribution in [0, 0.1) is 6.92 Å². The Bertz CT molecular complexity index is 1960. The standard InChI is InChI=1S/C29H24BrN3O4.C8H10N2/c1-36-21-8-5-18(6-9-21)12-32-14-20-3-2-4-26(27(20)29(32)35)33(17-34)13-19-7-10-22-23-15-37-16-24(23)28(30)31-25(22)11-19;1-6-4-9-8(10-5-6)7-2-3-7/h2-11,17H,12-16H2,1H3;4-5,7H,2-3H2,1H3. The molecule has 8 rings (SSSR count). The van der Waals surface area contributed by atoms with E-state index in [2.05, 4.69) is 25.9 Å². The van der Waals surface area contributed by atoms with Gasteiger partial charge in [0.25, 0.3) is 5.91 Å². The fourth-order valence-corrected chi connectivity index (χ4v) is 6.65. The first kappa shape index (κ1) is 31.0. The lowest BCUT2D eigenvalue weighted by atomic mass is 10.0. The fourth-order valence-electron chi connectivity index (χ4n) is 6.10. The van der Waals surface area contributed by atoms with E-state index in [9.17, 15) is 9.59 Å². The Morgan fingerprint density at radius 3 is 2.49 bits per heavy atom. The number of hydrogen-bond donors (Lipinski definition) is 0. The highest BCUT2D eigenvalue weighted by atomic mass is 79.9. The Morgan fingerprint density at radius 1 is 1.02 bits per heavy atom. The molecule has 10 heteroatoms. The van der Waals surface area contributed by atoms with Crippen LogP contribution in [0.5, 0.6) is 5.75 Å². The smallest absolute Gasteiger partial charge is 0.256 e. The van der Waals surface area contributed by atoms with Crippen LogP contribution in [0.25, 0.3) is 10.9 Å². The Labute approximate surface area is 281 Å². The topological polar surface area (TPSA) is 97.8 Å². The Balaban J connectivity index is 0.000000298. The summed E-state index contributed by atoms with van der Waals surface area (Å²) < 4.78 is 11.6. The molecule has 2 amide bonds. The van der Waals surface area contributed by atoms with Crippen molar-refractivity contribution in [1.29, 1.82) is 0 Å². The summed E-state index contributed by atoms with van der Waals surface area (Å²) in [5, 5.41) is 1.06. The molecular weight excluding hydrogens is 658 g/mol. The number of pyridine rings is 1. The van der Waals surface area contributed by atoms with Gasteiger partial charge in [-0.3, -0.25) is 9.59 Å². The highest BCUT2D eigenvalue weighted by Gasteiger charge is 2.32. The van der Waals surface area contributed by atoms with Gasteiger partial charge in [0.2, 0.25) is 6.41 Å². The van der Waals surface area contributed by atoms with E-state index < -0.39 is 0 Å². The van der Waals surface area contributed by atoms with Crippen LogP contribution in [0.4, 0.5) is 5.69 Å². The number of anilines is 1. The zero-order valence-corrected chi connectivity index (χ0v) is 27.9. The summed E-state index contributed by atoms with van der Waals surface area (Å²) in [6, 6.07) is 19.4. The SMILES string of the molecule is COc1ccc(CN2Cc3cccc(N(C=O)Cc4ccc5c6c(c(Br)nc5c4)COC6)c3C2=O)cc1.Cc1cnc(C2CC2)nc1. The van der Waals surface area contributed by atoms with Crippen LogP contribution in [0.3, 0.4) is 0 Å². The number of aryl methyl sites for hydroxylation is 1. The van der Waals surface area contributed by atoms with E-state index in [0.717, 1.165) is 66.9 Å². The molecule has 1 saturated carbocycles. The van der Waals surface area contributed by atoms with E-state index in [1.165, 1.54) is 12.8 Å². The Hall–Kier alpha value is -4.67. The number of aromatic nitrogens is 3. The predicted octanol–water partition coefficient (Wildman–Crippen LogP) is 7.02. The van der Waals surface area contributed by atoms with E-state index in [1.54, 1.807) is 16.9 Å². The van der Waals surface area contributed by atoms with Crippen molar-refractivity contribution in [2.24, 2.45) is 0 Å². The molecule has 238 valence electrons. The monoisotopic (exact) mass is 691 g/mol. The van der Waals surface area contributed by atoms with Crippen molar-refractivity contribution in [3.8, 4) is 5.75 Å². The highest BCUT2D eigenvalue weighted by molar-refractivity contribution is 9.10. The zero-order valence-electron chi connectivity index (χ0n) is 26.3. The molecule has 0 spiro atoms. The first-order valence-electron chi connectivity index (χ1n) is 15.6. The van der Waals surface area contributed by atoms with Crippen molar-refractivity contribution in [1.82, 2.24) is 19.9 Å². The van der Waals surface area contributed by atoms with E-state index in [0.29, 0.717) is 50.0 Å². The van der Waals surface area contributed by atoms with Crippen LogP contribution in [0.1, 0.15) is 68.3 Å². The number of methoxy groups -OCH3 is 1. The number of amides is 2. The molecule has 1 aliphatic carbocycles. The number of carbonyl (C=O) groups is 2. The third kappa shape index (κ3) is 6.48. The van der Waals surface area contributed by atoms with Gasteiger partial charge in [-0.2, -0.15) is 0 Å². The minimum atomic E-state index is -0.0760. The lowest BCUT2D eigenvalue weighted by Crippen LogP contribution is -2.26. The Kier molecular flexibility index (Phi) is 8.70. The van der Waals surface area contributed by atoms with Gasteiger partial charge in [0.05, 0.1) is 43.6 Å². The number of halogens is 1. The molecule has 47 heavy (non-hydrogen) atoms. The summed E-state index contributed by atoms with van der Waals surface area (Å²) in [6.07, 6.45) is 7.13. The van der Waals surface area contributed by atoms with Crippen molar-refractivity contribution in [3.05, 3.63) is 122 Å². The molecular formula is C37H34BrN5O4. The van der Waals surface area contributed by atoms with Gasteiger partial charge in [0.15, 0.2) is 0 Å². The Morgan fingerprint density at radius 2 is 1.77 bits per heavy atom. The van der Waals surface area contributed by atoms with E-state index >= 15 is 0 Å². The minimum absolute atomic E-state index is 0.0760. The first-order chi connectivity index (χ1) is 22.9. The summed E-state index contributed by atoms with van der Waals surface area (Å²) in [7, 11) is 1.63. The molecule has 4 heterocycles. The lowest BCUT2D eigenvalue weighted by Gasteiger charge is -2.21. The van der Waals surface area contributed by atoms with Gasteiger partial charge >= 0.3 is 0 Å². The average molecular weight is 693 g/mol. The molecule has 2 aromatic heterocycles. The molecule has 3 aliphatic rings. The highest BCUT2D eigenvalue weighted by Crippen LogP contribution is 2.38. The zero-order chi connectivity index (χ0) is 32.5. The average Bonchev–Trinajstić information content (AvgIpc) is 3.73. The molecule has 0 N–H and O–H groups in total. The largest absolute Gasteiger partial charge is 0.497 e. The molecule has 1 fully saturated rings. The van der Waals surface area contributed by atoms with Crippen LogP contribution in [-0.4, -0.2) is 39.3 Å². The van der Waals surface area contributed by atoms with Gasteiger partial charge in [-0.1, -0.05) is 36.4 Å².